The monoisotopic (exact) mass is 744 g/mol. The number of thiophene rings is 1. The molecule has 0 unspecified atom stereocenters. The van der Waals surface area contributed by atoms with E-state index >= 15 is 0 Å². The average molecular weight is 745 g/mol. The van der Waals surface area contributed by atoms with Gasteiger partial charge in [0.2, 0.25) is 0 Å². The fourth-order valence-electron chi connectivity index (χ4n) is 7.89. The van der Waals surface area contributed by atoms with Crippen molar-refractivity contribution in [2.24, 2.45) is 0 Å². The van der Waals surface area contributed by atoms with Gasteiger partial charge in [0, 0.05) is 43.3 Å². The quantitative estimate of drug-likeness (QED) is 0.159. The smallest absolute Gasteiger partial charge is 0.161 e. The zero-order chi connectivity index (χ0) is 37.7. The van der Waals surface area contributed by atoms with Gasteiger partial charge in [-0.1, -0.05) is 158 Å². The Morgan fingerprint density at radius 3 is 1.56 bits per heavy atom. The molecule has 0 aliphatic carbocycles. The van der Waals surface area contributed by atoms with Crippen LogP contribution in [0.2, 0.25) is 0 Å². The summed E-state index contributed by atoms with van der Waals surface area (Å²) in [5, 5.41) is 7.13. The van der Waals surface area contributed by atoms with Gasteiger partial charge in [-0.2, -0.15) is 0 Å². The number of hydrogen-bond donors (Lipinski definition) is 0. The van der Waals surface area contributed by atoms with Crippen LogP contribution in [0.4, 0.5) is 0 Å². The molecule has 0 radical (unpaired) electrons. The summed E-state index contributed by atoms with van der Waals surface area (Å²) in [4.78, 5) is 22.2. The van der Waals surface area contributed by atoms with E-state index in [9.17, 15) is 0 Å². The zero-order valence-electron chi connectivity index (χ0n) is 30.7. The van der Waals surface area contributed by atoms with Crippen molar-refractivity contribution in [1.29, 1.82) is 0 Å². The second-order valence-electron chi connectivity index (χ2n) is 14.3. The zero-order valence-corrected chi connectivity index (χ0v) is 31.5. The highest BCUT2D eigenvalue weighted by atomic mass is 32.1. The summed E-state index contributed by atoms with van der Waals surface area (Å²) in [5.74, 6) is 1.29. The number of benzene rings is 8. The molecule has 57 heavy (non-hydrogen) atoms. The van der Waals surface area contributed by atoms with E-state index in [-0.39, 0.29) is 0 Å². The molecule has 0 aliphatic rings. The molecule has 5 heteroatoms. The van der Waals surface area contributed by atoms with Crippen molar-refractivity contribution in [3.63, 3.8) is 0 Å². The molecule has 0 aliphatic heterocycles. The second-order valence-corrected chi connectivity index (χ2v) is 15.3. The van der Waals surface area contributed by atoms with Crippen molar-refractivity contribution in [2.75, 3.05) is 0 Å². The molecule has 0 fully saturated rings. The van der Waals surface area contributed by atoms with Gasteiger partial charge in [-0.25, -0.2) is 19.9 Å². The van der Waals surface area contributed by atoms with Gasteiger partial charge in [0.05, 0.1) is 17.1 Å². The Morgan fingerprint density at radius 2 is 0.860 bits per heavy atom. The molecule has 266 valence electrons. The molecule has 8 aromatic carbocycles. The Bertz CT molecular complexity index is 3230. The lowest BCUT2D eigenvalue weighted by Gasteiger charge is -2.14. The standard InChI is InChI=1S/C52H32N4S/c1-4-15-34(16-5-1)45-32-46(35-17-6-2-7-18-35)54-50(53-45)40-29-39(37-26-27-43-38(28-37)25-24-33-14-10-11-21-42(33)43)30-41(31-40)51-55-49(36-19-8-3-9-20-36)48-44-22-12-13-23-47(44)57-52(48)56-51/h1-32H. The average Bonchev–Trinajstić information content (AvgIpc) is 3.68. The number of aromatic nitrogens is 4. The summed E-state index contributed by atoms with van der Waals surface area (Å²) in [6.07, 6.45) is 0. The SMILES string of the molecule is c1ccc(-c2cc(-c3ccccc3)nc(-c3cc(-c4ccc5c(ccc6ccccc65)c4)cc(-c4nc(-c5ccccc5)c5c(n4)sc4ccccc45)c3)n2)cc1. The van der Waals surface area contributed by atoms with Crippen LogP contribution < -0.4 is 0 Å². The largest absolute Gasteiger partial charge is 0.228 e. The van der Waals surface area contributed by atoms with Crippen molar-refractivity contribution >= 4 is 53.2 Å². The third-order valence-electron chi connectivity index (χ3n) is 10.7. The predicted molar refractivity (Wildman–Crippen MR) is 238 cm³/mol. The Balaban J connectivity index is 1.17. The first-order valence-corrected chi connectivity index (χ1v) is 19.9. The fraction of sp³-hybridized carbons (Fsp3) is 0. The first kappa shape index (κ1) is 33.0. The Hall–Kier alpha value is -7.34. The molecule has 11 rings (SSSR count). The van der Waals surface area contributed by atoms with E-state index in [1.807, 2.05) is 42.5 Å². The summed E-state index contributed by atoms with van der Waals surface area (Å²) in [6, 6.07) is 68.0. The Kier molecular flexibility index (Phi) is 7.97. The lowest BCUT2D eigenvalue weighted by Crippen LogP contribution is -1.98. The van der Waals surface area contributed by atoms with Gasteiger partial charge in [0.1, 0.15) is 4.83 Å². The molecule has 0 saturated heterocycles. The first-order valence-electron chi connectivity index (χ1n) is 19.0. The number of rotatable bonds is 6. The maximum atomic E-state index is 5.40. The van der Waals surface area contributed by atoms with Crippen molar-refractivity contribution in [3.8, 4) is 67.7 Å². The van der Waals surface area contributed by atoms with E-state index in [0.717, 1.165) is 66.2 Å². The van der Waals surface area contributed by atoms with E-state index in [4.69, 9.17) is 19.9 Å². The highest BCUT2D eigenvalue weighted by molar-refractivity contribution is 7.25. The topological polar surface area (TPSA) is 51.6 Å². The van der Waals surface area contributed by atoms with Gasteiger partial charge >= 0.3 is 0 Å². The van der Waals surface area contributed by atoms with Gasteiger partial charge in [-0.05, 0) is 69.1 Å². The van der Waals surface area contributed by atoms with Crippen LogP contribution in [0.15, 0.2) is 194 Å². The van der Waals surface area contributed by atoms with Crippen molar-refractivity contribution in [3.05, 3.63) is 194 Å². The van der Waals surface area contributed by atoms with Crippen LogP contribution in [-0.2, 0) is 0 Å². The summed E-state index contributed by atoms with van der Waals surface area (Å²) < 4.78 is 1.19. The molecule has 0 amide bonds. The van der Waals surface area contributed by atoms with Crippen LogP contribution in [0.1, 0.15) is 0 Å². The van der Waals surface area contributed by atoms with Gasteiger partial charge in [-0.3, -0.25) is 0 Å². The lowest BCUT2D eigenvalue weighted by molar-refractivity contribution is 1.18. The summed E-state index contributed by atoms with van der Waals surface area (Å²) in [5.41, 5.74) is 9.67. The van der Waals surface area contributed by atoms with Gasteiger partial charge in [-0.15, -0.1) is 11.3 Å². The molecule has 0 bridgehead atoms. The van der Waals surface area contributed by atoms with E-state index in [1.54, 1.807) is 11.3 Å². The van der Waals surface area contributed by atoms with Crippen LogP contribution in [0.25, 0.3) is 110 Å². The molecule has 11 aromatic rings. The Morgan fingerprint density at radius 1 is 0.316 bits per heavy atom. The summed E-state index contributed by atoms with van der Waals surface area (Å²) in [7, 11) is 0. The molecular weight excluding hydrogens is 713 g/mol. The van der Waals surface area contributed by atoms with Gasteiger partial charge in [0.15, 0.2) is 11.6 Å². The fourth-order valence-corrected chi connectivity index (χ4v) is 8.97. The molecule has 0 saturated carbocycles. The summed E-state index contributed by atoms with van der Waals surface area (Å²) >= 11 is 1.71. The van der Waals surface area contributed by atoms with E-state index in [1.165, 1.54) is 31.6 Å². The van der Waals surface area contributed by atoms with E-state index < -0.39 is 0 Å². The highest BCUT2D eigenvalue weighted by Crippen LogP contribution is 2.41. The van der Waals surface area contributed by atoms with Crippen LogP contribution >= 0.6 is 11.3 Å². The molecule has 3 aromatic heterocycles. The normalized spacial score (nSPS) is 11.5. The second kappa shape index (κ2) is 13.7. The van der Waals surface area contributed by atoms with E-state index in [2.05, 4.69) is 152 Å². The maximum absolute atomic E-state index is 5.40. The molecule has 0 atom stereocenters. The third kappa shape index (κ3) is 6.02. The molecule has 3 heterocycles. The minimum atomic E-state index is 0.635. The number of hydrogen-bond acceptors (Lipinski definition) is 5. The number of fused-ring (bicyclic) bond motifs is 6. The maximum Gasteiger partial charge on any atom is 0.161 e. The van der Waals surface area contributed by atoms with Crippen molar-refractivity contribution in [2.45, 2.75) is 0 Å². The van der Waals surface area contributed by atoms with Crippen LogP contribution in [0, 0.1) is 0 Å². The summed E-state index contributed by atoms with van der Waals surface area (Å²) in [6.45, 7) is 0. The Labute approximate surface area is 333 Å². The predicted octanol–water partition coefficient (Wildman–Crippen LogP) is 13.9. The van der Waals surface area contributed by atoms with E-state index in [0.29, 0.717) is 11.6 Å². The van der Waals surface area contributed by atoms with Gasteiger partial charge < -0.3 is 0 Å². The molecular formula is C52H32N4S. The van der Waals surface area contributed by atoms with Gasteiger partial charge in [0.25, 0.3) is 0 Å². The number of nitrogens with zero attached hydrogens (tertiary/aromatic N) is 4. The third-order valence-corrected chi connectivity index (χ3v) is 11.7. The van der Waals surface area contributed by atoms with Crippen LogP contribution in [0.5, 0.6) is 0 Å². The minimum absolute atomic E-state index is 0.635. The first-order chi connectivity index (χ1) is 28.2. The van der Waals surface area contributed by atoms with Crippen molar-refractivity contribution < 1.29 is 0 Å². The van der Waals surface area contributed by atoms with Crippen LogP contribution in [-0.4, -0.2) is 19.9 Å². The van der Waals surface area contributed by atoms with Crippen molar-refractivity contribution in [1.82, 2.24) is 19.9 Å². The van der Waals surface area contributed by atoms with Crippen LogP contribution in [0.3, 0.4) is 0 Å². The molecule has 0 N–H and O–H groups in total. The highest BCUT2D eigenvalue weighted by Gasteiger charge is 2.19. The minimum Gasteiger partial charge on any atom is -0.228 e. The lowest BCUT2D eigenvalue weighted by atomic mass is 9.95. The molecule has 4 nitrogen and oxygen atoms in total. The molecule has 0 spiro atoms.